The molecule has 0 bridgehead atoms. The van der Waals surface area contributed by atoms with E-state index in [1.165, 1.54) is 150 Å². The minimum absolute atomic E-state index is 0.0368. The number of benzene rings is 12. The highest BCUT2D eigenvalue weighted by Gasteiger charge is 2.29. The van der Waals surface area contributed by atoms with E-state index in [1.807, 2.05) is 80.6 Å². The zero-order chi connectivity index (χ0) is 98.7. The fourth-order valence-electron chi connectivity index (χ4n) is 18.3. The zero-order valence-corrected chi connectivity index (χ0v) is 87.9. The van der Waals surface area contributed by atoms with Gasteiger partial charge in [0.25, 0.3) is 0 Å². The molecule has 3 N–H and O–H groups in total. The van der Waals surface area contributed by atoms with Crippen molar-refractivity contribution in [3.05, 3.63) is 362 Å². The summed E-state index contributed by atoms with van der Waals surface area (Å²) in [4.78, 5) is 14.0. The van der Waals surface area contributed by atoms with Gasteiger partial charge in [0.15, 0.2) is 0 Å². The Kier molecular flexibility index (Phi) is 35.6. The van der Waals surface area contributed by atoms with Gasteiger partial charge >= 0.3 is 0 Å². The Bertz CT molecular complexity index is 6310. The molecule has 0 saturated carbocycles. The van der Waals surface area contributed by atoms with Crippen molar-refractivity contribution in [3.8, 4) is 49.4 Å². The quantitative estimate of drug-likeness (QED) is 0.158. The molecule has 0 radical (unpaired) electrons. The number of rotatable bonds is 5. The number of phenolic OH excluding ortho intramolecular Hbond substituents is 2. The lowest BCUT2D eigenvalue weighted by atomic mass is 9.77. The van der Waals surface area contributed by atoms with Crippen molar-refractivity contribution in [1.29, 1.82) is 0 Å². The van der Waals surface area contributed by atoms with Crippen LogP contribution in [0.3, 0.4) is 0 Å². The number of aryl methyl sites for hydroxylation is 2. The number of hydrogen-bond acceptors (Lipinski definition) is 9. The number of halogens is 1. The van der Waals surface area contributed by atoms with Crippen LogP contribution >= 0.6 is 22.7 Å². The van der Waals surface area contributed by atoms with E-state index >= 15 is 0 Å². The van der Waals surface area contributed by atoms with Gasteiger partial charge in [0, 0.05) is 58.0 Å². The molecule has 1 aliphatic heterocycles. The van der Waals surface area contributed by atoms with Crippen molar-refractivity contribution in [2.75, 3.05) is 13.7 Å². The molecule has 0 fully saturated rings. The van der Waals surface area contributed by atoms with Gasteiger partial charge in [0.05, 0.1) is 30.2 Å². The van der Waals surface area contributed by atoms with E-state index in [-0.39, 0.29) is 49.1 Å². The number of nitrogens with zero attached hydrogens (tertiary/aromatic N) is 4. The van der Waals surface area contributed by atoms with Crippen molar-refractivity contribution in [1.82, 2.24) is 20.2 Å². The van der Waals surface area contributed by atoms with Gasteiger partial charge in [-0.2, -0.15) is 5.10 Å². The van der Waals surface area contributed by atoms with E-state index in [9.17, 15) is 14.6 Å². The molecule has 0 saturated heterocycles. The molecule has 0 atom stereocenters. The van der Waals surface area contributed by atoms with E-state index in [0.29, 0.717) is 16.9 Å². The van der Waals surface area contributed by atoms with Crippen LogP contribution in [0, 0.1) is 5.82 Å². The predicted molar refractivity (Wildman–Crippen MR) is 583 cm³/mol. The van der Waals surface area contributed by atoms with Gasteiger partial charge in [-0.1, -0.05) is 399 Å². The van der Waals surface area contributed by atoms with E-state index in [0.717, 1.165) is 51.4 Å². The second kappa shape index (κ2) is 45.5. The number of allylic oxidation sites excluding steroid dienone is 1. The number of H-pyrrole nitrogens is 1. The largest absolute Gasteiger partial charge is 0.508 e. The second-order valence-corrected chi connectivity index (χ2v) is 46.7. The van der Waals surface area contributed by atoms with Crippen molar-refractivity contribution in [2.24, 2.45) is 4.99 Å². The van der Waals surface area contributed by atoms with Gasteiger partial charge < -0.3 is 14.9 Å². The van der Waals surface area contributed by atoms with Gasteiger partial charge in [-0.05, 0) is 241 Å². The average Bonchev–Trinajstić information content (AvgIpc) is 0.981. The number of hydrogen-bond donors (Lipinski definition) is 3. The van der Waals surface area contributed by atoms with Crippen LogP contribution in [0.1, 0.15) is 291 Å². The zero-order valence-electron chi connectivity index (χ0n) is 86.3. The highest BCUT2D eigenvalue weighted by Crippen LogP contribution is 2.44. The summed E-state index contributed by atoms with van der Waals surface area (Å²) in [5.41, 5.74) is 27.4. The summed E-state index contributed by atoms with van der Waals surface area (Å²) in [5, 5.41) is 37.3. The first-order chi connectivity index (χ1) is 63.5. The summed E-state index contributed by atoms with van der Waals surface area (Å²) in [6.07, 6.45) is 21.7. The lowest BCUT2D eigenvalue weighted by molar-refractivity contribution is 0.399. The van der Waals surface area contributed by atoms with Gasteiger partial charge in [-0.3, -0.25) is 15.1 Å². The Labute approximate surface area is 817 Å². The molecule has 0 amide bonds. The maximum Gasteiger partial charge on any atom is 0.126 e. The van der Waals surface area contributed by atoms with Crippen LogP contribution in [0.25, 0.3) is 70.0 Å². The molecule has 15 aromatic rings. The molecule has 11 heteroatoms. The van der Waals surface area contributed by atoms with Crippen molar-refractivity contribution in [3.63, 3.8) is 0 Å². The van der Waals surface area contributed by atoms with Crippen LogP contribution < -0.4 is 4.74 Å². The predicted octanol–water partition coefficient (Wildman–Crippen LogP) is 34.7. The van der Waals surface area contributed by atoms with Gasteiger partial charge in [-0.15, -0.1) is 22.7 Å². The Morgan fingerprint density at radius 3 is 1.33 bits per heavy atom. The average molecular weight is 1840 g/mol. The molecular formula is C124H152FN5O3S2. The fourth-order valence-corrected chi connectivity index (χ4v) is 19.6. The van der Waals surface area contributed by atoms with Crippen LogP contribution in [0.15, 0.2) is 283 Å². The summed E-state index contributed by atoms with van der Waals surface area (Å²) < 4.78 is 19.2. The van der Waals surface area contributed by atoms with Crippen molar-refractivity contribution in [2.45, 2.75) is 287 Å². The van der Waals surface area contributed by atoms with E-state index in [1.54, 1.807) is 71.0 Å². The SMILES string of the molecule is CC(C)(C)c1c(O)ccc2c1CCCC2.CC(C)(C)c1c(O)ccc2ccccc12.CC(C)(C)c1cc(-c2cn[nH]c2)ccc1F.CC(C)(C)c1cccc2c1CCCC2.CC(C)(C)c1cccc2ccccc12.CC(C)(C)c1ccccc1-c1cncs1.CC(C)(C)c1ccccc1-c1nccs1.CC(C)(C)c1ccccc1C1=CCN=C1.COc1ccc2ccccc2c1C(C)(C)C. The lowest BCUT2D eigenvalue weighted by Crippen LogP contribution is -2.18. The number of aromatic amines is 1. The Balaban J connectivity index is 0.000000157. The Morgan fingerprint density at radius 1 is 0.370 bits per heavy atom. The fraction of sp³-hybridized carbons (Fsp3) is 0.371. The monoisotopic (exact) mass is 1840 g/mol. The number of fused-ring (bicyclic) bond motifs is 5. The second-order valence-electron chi connectivity index (χ2n) is 45.0. The van der Waals surface area contributed by atoms with Gasteiger partial charge in [0.2, 0.25) is 0 Å². The lowest BCUT2D eigenvalue weighted by Gasteiger charge is -2.28. The van der Waals surface area contributed by atoms with Crippen LogP contribution in [-0.4, -0.2) is 50.2 Å². The third-order valence-corrected chi connectivity index (χ3v) is 26.3. The molecule has 4 heterocycles. The van der Waals surface area contributed by atoms with E-state index in [2.05, 4.69) is 385 Å². The van der Waals surface area contributed by atoms with Crippen LogP contribution in [-0.2, 0) is 74.4 Å². The molecule has 2 aliphatic carbocycles. The van der Waals surface area contributed by atoms with Crippen molar-refractivity contribution < 1.29 is 19.3 Å². The normalized spacial score (nSPS) is 13.2. The van der Waals surface area contributed by atoms with Gasteiger partial charge in [0.1, 0.15) is 28.1 Å². The number of phenols is 2. The molecule has 0 unspecified atom stereocenters. The molecule has 12 aromatic carbocycles. The van der Waals surface area contributed by atoms with Crippen LogP contribution in [0.4, 0.5) is 4.39 Å². The number of nitrogens with one attached hydrogen (secondary N) is 1. The smallest absolute Gasteiger partial charge is 0.126 e. The summed E-state index contributed by atoms with van der Waals surface area (Å²) in [6, 6.07) is 81.3. The third kappa shape index (κ3) is 28.9. The topological polar surface area (TPSA) is 117 Å². The number of methoxy groups -OCH3 is 1. The summed E-state index contributed by atoms with van der Waals surface area (Å²) in [5.74, 6) is 1.69. The summed E-state index contributed by atoms with van der Waals surface area (Å²) in [7, 11) is 1.74. The molecule has 135 heavy (non-hydrogen) atoms. The number of ether oxygens (including phenoxy) is 1. The molecule has 8 nitrogen and oxygen atoms in total. The van der Waals surface area contributed by atoms with E-state index in [4.69, 9.17) is 4.74 Å². The first kappa shape index (κ1) is 106. The minimum Gasteiger partial charge on any atom is -0.508 e. The molecule has 18 rings (SSSR count). The van der Waals surface area contributed by atoms with E-state index < -0.39 is 0 Å². The number of aromatic hydroxyl groups is 2. The molecule has 710 valence electrons. The first-order valence-corrected chi connectivity index (χ1v) is 50.0. The highest BCUT2D eigenvalue weighted by molar-refractivity contribution is 7.13. The first-order valence-electron chi connectivity index (χ1n) is 48.2. The van der Waals surface area contributed by atoms with Gasteiger partial charge in [-0.25, -0.2) is 9.37 Å². The molecule has 0 spiro atoms. The third-order valence-electron chi connectivity index (χ3n) is 24.7. The maximum atomic E-state index is 13.7. The highest BCUT2D eigenvalue weighted by atomic mass is 32.1. The number of aliphatic imine (C=N–C) groups is 1. The molecule has 3 aromatic heterocycles. The summed E-state index contributed by atoms with van der Waals surface area (Å²) in [6.45, 7) is 60.3. The summed E-state index contributed by atoms with van der Waals surface area (Å²) >= 11 is 3.39. The molecular weight excluding hydrogens is 1690 g/mol. The number of thiazole rings is 2. The maximum absolute atomic E-state index is 13.7. The van der Waals surface area contributed by atoms with Crippen LogP contribution in [0.2, 0.25) is 0 Å². The molecule has 3 aliphatic rings. The minimum atomic E-state index is -0.191. The van der Waals surface area contributed by atoms with Crippen LogP contribution in [0.5, 0.6) is 17.2 Å². The van der Waals surface area contributed by atoms with Crippen molar-refractivity contribution >= 4 is 66.8 Å². The Hall–Kier alpha value is -11.4. The number of aromatic nitrogens is 4. The Morgan fingerprint density at radius 2 is 0.815 bits per heavy atom. The standard InChI is InChI=1S/C15H18O.C14H17N.C14H20O.C14H16O.C14H20.C14H16.C13H15FN2.2C13H15NS/c1-15(2,3)14-12-8-6-5-7-11(12)9-10-13(14)16-4;1-14(2,3)13-7-5-4-6-12(13)11-8-9-15-10-11;2*1-14(2,3)13-11-7-5-4-6-10(11)8-9-12(13)15;2*1-14(2,3)13-10-6-8-11-7-4-5-9-12(11)13;1-13(2,3)11-6-9(4-5-12(11)14)10-7-15-16-8-10;1-13(2,3)11-7-5-4-6-10(11)12-8-14-9-15-12;1-13(2,3)11-7-5-4-6-10(11)12-14-8-9-15-12/h5-10H,1-4H3;4-8,10H,9H2,1-3H3;8-9,15H,4-7H2,1-3H3;4-9,15H,1-3H3;6,8,10H,4-5,7,9H2,1-3H3;4-10H,1-3H3;4-8H,1-3H3,(H,15,16);2*4-9H,1-3H3.